The summed E-state index contributed by atoms with van der Waals surface area (Å²) in [5.74, 6) is -1.05. The molecule has 0 bridgehead atoms. The van der Waals surface area contributed by atoms with Gasteiger partial charge in [0.25, 0.3) is 0 Å². The van der Waals surface area contributed by atoms with E-state index in [9.17, 15) is 19.5 Å². The van der Waals surface area contributed by atoms with Crippen LogP contribution in [0.5, 0.6) is 0 Å². The fourth-order valence-corrected chi connectivity index (χ4v) is 5.07. The van der Waals surface area contributed by atoms with E-state index in [1.807, 2.05) is 24.3 Å². The van der Waals surface area contributed by atoms with E-state index in [2.05, 4.69) is 34.9 Å². The molecule has 5 rings (SSSR count). The van der Waals surface area contributed by atoms with Crippen molar-refractivity contribution in [3.63, 3.8) is 0 Å². The Morgan fingerprint density at radius 3 is 2.26 bits per heavy atom. The average Bonchev–Trinajstić information content (AvgIpc) is 3.45. The molecule has 184 valence electrons. The number of amides is 2. The van der Waals surface area contributed by atoms with Crippen molar-refractivity contribution in [3.05, 3.63) is 59.7 Å². The third-order valence-electron chi connectivity index (χ3n) is 7.10. The molecule has 8 heteroatoms. The Morgan fingerprint density at radius 2 is 1.63 bits per heavy atom. The normalized spacial score (nSPS) is 21.6. The van der Waals surface area contributed by atoms with Crippen LogP contribution >= 0.6 is 0 Å². The van der Waals surface area contributed by atoms with Crippen LogP contribution in [-0.4, -0.2) is 54.5 Å². The molecule has 35 heavy (non-hydrogen) atoms. The number of hydrogen-bond acceptors (Lipinski definition) is 5. The molecule has 8 nitrogen and oxygen atoms in total. The van der Waals surface area contributed by atoms with Crippen LogP contribution in [0.2, 0.25) is 0 Å². The third-order valence-corrected chi connectivity index (χ3v) is 7.10. The second-order valence-corrected chi connectivity index (χ2v) is 9.61. The first-order chi connectivity index (χ1) is 17.0. The topological polar surface area (TPSA) is 114 Å². The van der Waals surface area contributed by atoms with Gasteiger partial charge in [-0.05, 0) is 47.4 Å². The molecule has 0 radical (unpaired) electrons. The molecular formula is C27H30N2O6. The molecule has 1 heterocycles. The molecule has 3 aliphatic rings. The van der Waals surface area contributed by atoms with Gasteiger partial charge in [0, 0.05) is 12.5 Å². The summed E-state index contributed by atoms with van der Waals surface area (Å²) in [6.07, 6.45) is 2.02. The van der Waals surface area contributed by atoms with Crippen LogP contribution in [0.25, 0.3) is 11.1 Å². The fraction of sp³-hybridized carbons (Fsp3) is 0.444. The summed E-state index contributed by atoms with van der Waals surface area (Å²) in [4.78, 5) is 36.3. The lowest BCUT2D eigenvalue weighted by atomic mass is 9.98. The lowest BCUT2D eigenvalue weighted by Gasteiger charge is -2.18. The maximum Gasteiger partial charge on any atom is 0.407 e. The highest BCUT2D eigenvalue weighted by molar-refractivity contribution is 5.86. The highest BCUT2D eigenvalue weighted by Gasteiger charge is 2.35. The number of alkyl carbamates (subject to hydrolysis) is 1. The molecule has 2 amide bonds. The molecule has 1 saturated heterocycles. The number of fused-ring (bicyclic) bond motifs is 3. The number of carboxylic acids is 1. The van der Waals surface area contributed by atoms with Crippen LogP contribution < -0.4 is 10.6 Å². The van der Waals surface area contributed by atoms with E-state index >= 15 is 0 Å². The Hall–Kier alpha value is -3.39. The largest absolute Gasteiger partial charge is 0.480 e. The highest BCUT2D eigenvalue weighted by atomic mass is 16.5. The van der Waals surface area contributed by atoms with Gasteiger partial charge < -0.3 is 25.2 Å². The molecule has 1 aliphatic heterocycles. The number of carbonyl (C=O) groups excluding carboxylic acids is 2. The zero-order valence-electron chi connectivity index (χ0n) is 19.4. The summed E-state index contributed by atoms with van der Waals surface area (Å²) in [7, 11) is 0. The van der Waals surface area contributed by atoms with Crippen molar-refractivity contribution in [1.29, 1.82) is 0 Å². The Morgan fingerprint density at radius 1 is 0.971 bits per heavy atom. The van der Waals surface area contributed by atoms with Crippen LogP contribution in [0.15, 0.2) is 48.5 Å². The number of aliphatic carboxylic acids is 1. The summed E-state index contributed by atoms with van der Waals surface area (Å²) in [6, 6.07) is 15.4. The standard InChI is InChI=1S/C27H30N2O6/c30-25(29-23(26(31)32)13-16-9-10-16)24-12-11-17(35-24)14-28-27(33)34-15-22-20-7-3-1-5-18(20)19-6-2-4-8-21(19)22/h1-8,16-17,22-24H,9-15H2,(H,28,33)(H,29,30)(H,31,32). The Bertz CT molecular complexity index is 1070. The van der Waals surface area contributed by atoms with Crippen LogP contribution in [-0.2, 0) is 19.1 Å². The monoisotopic (exact) mass is 478 g/mol. The molecule has 0 aromatic heterocycles. The van der Waals surface area contributed by atoms with E-state index in [-0.39, 0.29) is 25.2 Å². The second kappa shape index (κ2) is 10.1. The quantitative estimate of drug-likeness (QED) is 0.509. The molecule has 2 aromatic rings. The molecular weight excluding hydrogens is 448 g/mol. The Kier molecular flexibility index (Phi) is 6.72. The van der Waals surface area contributed by atoms with Gasteiger partial charge in [-0.15, -0.1) is 0 Å². The average molecular weight is 479 g/mol. The van der Waals surface area contributed by atoms with E-state index in [0.29, 0.717) is 25.2 Å². The van der Waals surface area contributed by atoms with Crippen molar-refractivity contribution in [2.24, 2.45) is 5.92 Å². The van der Waals surface area contributed by atoms with Gasteiger partial charge in [-0.1, -0.05) is 61.4 Å². The van der Waals surface area contributed by atoms with E-state index in [1.54, 1.807) is 0 Å². The SMILES string of the molecule is O=C(NCC1CCC(C(=O)NC(CC2CC2)C(=O)O)O1)OCC1c2ccccc2-c2ccccc21. The maximum absolute atomic E-state index is 12.5. The third kappa shape index (κ3) is 5.32. The molecule has 3 N–H and O–H groups in total. The van der Waals surface area contributed by atoms with E-state index < -0.39 is 30.1 Å². The molecule has 1 saturated carbocycles. The summed E-state index contributed by atoms with van der Waals surface area (Å²) in [5.41, 5.74) is 4.64. The fourth-order valence-electron chi connectivity index (χ4n) is 5.07. The van der Waals surface area contributed by atoms with Crippen LogP contribution in [0.1, 0.15) is 49.1 Å². The molecule has 2 fully saturated rings. The summed E-state index contributed by atoms with van der Waals surface area (Å²) in [6.45, 7) is 0.457. The van der Waals surface area contributed by atoms with Crippen molar-refractivity contribution >= 4 is 18.0 Å². The Labute approximate surface area is 204 Å². The summed E-state index contributed by atoms with van der Waals surface area (Å²) >= 11 is 0. The van der Waals surface area contributed by atoms with Gasteiger partial charge >= 0.3 is 12.1 Å². The van der Waals surface area contributed by atoms with E-state index in [0.717, 1.165) is 24.0 Å². The van der Waals surface area contributed by atoms with Crippen LogP contribution in [0, 0.1) is 5.92 Å². The zero-order chi connectivity index (χ0) is 24.4. The first-order valence-electron chi connectivity index (χ1n) is 12.3. The highest BCUT2D eigenvalue weighted by Crippen LogP contribution is 2.44. The predicted molar refractivity (Wildman–Crippen MR) is 128 cm³/mol. The van der Waals surface area contributed by atoms with Gasteiger partial charge in [0.05, 0.1) is 6.10 Å². The van der Waals surface area contributed by atoms with Gasteiger partial charge in [0.15, 0.2) is 0 Å². The predicted octanol–water partition coefficient (Wildman–Crippen LogP) is 3.44. The van der Waals surface area contributed by atoms with Crippen molar-refractivity contribution < 1.29 is 29.0 Å². The minimum atomic E-state index is -1.02. The van der Waals surface area contributed by atoms with Gasteiger partial charge in [0.1, 0.15) is 18.8 Å². The van der Waals surface area contributed by atoms with Gasteiger partial charge in [-0.3, -0.25) is 4.79 Å². The molecule has 3 atom stereocenters. The van der Waals surface area contributed by atoms with Crippen LogP contribution in [0.4, 0.5) is 4.79 Å². The van der Waals surface area contributed by atoms with Crippen molar-refractivity contribution in [3.8, 4) is 11.1 Å². The lowest BCUT2D eigenvalue weighted by Crippen LogP contribution is -2.46. The van der Waals surface area contributed by atoms with Gasteiger partial charge in [-0.25, -0.2) is 9.59 Å². The first kappa shape index (κ1) is 23.4. The smallest absolute Gasteiger partial charge is 0.407 e. The second-order valence-electron chi connectivity index (χ2n) is 9.61. The lowest BCUT2D eigenvalue weighted by molar-refractivity contribution is -0.144. The molecule has 2 aromatic carbocycles. The molecule has 0 spiro atoms. The van der Waals surface area contributed by atoms with Gasteiger partial charge in [0.2, 0.25) is 5.91 Å². The number of benzene rings is 2. The number of ether oxygens (including phenoxy) is 2. The number of rotatable bonds is 9. The Balaban J connectivity index is 1.08. The zero-order valence-corrected chi connectivity index (χ0v) is 19.4. The number of carbonyl (C=O) groups is 3. The van der Waals surface area contributed by atoms with Crippen LogP contribution in [0.3, 0.4) is 0 Å². The number of carboxylic acid groups (broad SMARTS) is 1. The van der Waals surface area contributed by atoms with Crippen molar-refractivity contribution in [2.75, 3.05) is 13.2 Å². The maximum atomic E-state index is 12.5. The van der Waals surface area contributed by atoms with Crippen molar-refractivity contribution in [1.82, 2.24) is 10.6 Å². The van der Waals surface area contributed by atoms with Gasteiger partial charge in [-0.2, -0.15) is 0 Å². The number of hydrogen-bond donors (Lipinski definition) is 3. The van der Waals surface area contributed by atoms with Crippen molar-refractivity contribution in [2.45, 2.75) is 56.3 Å². The molecule has 2 aliphatic carbocycles. The minimum Gasteiger partial charge on any atom is -0.480 e. The molecule has 3 unspecified atom stereocenters. The number of nitrogens with one attached hydrogen (secondary N) is 2. The minimum absolute atomic E-state index is 0.0122. The summed E-state index contributed by atoms with van der Waals surface area (Å²) < 4.78 is 11.3. The summed E-state index contributed by atoms with van der Waals surface area (Å²) in [5, 5.41) is 14.7. The van der Waals surface area contributed by atoms with E-state index in [4.69, 9.17) is 9.47 Å². The van der Waals surface area contributed by atoms with E-state index in [1.165, 1.54) is 11.1 Å². The first-order valence-corrected chi connectivity index (χ1v) is 12.3.